The van der Waals surface area contributed by atoms with Crippen LogP contribution in [0.2, 0.25) is 5.02 Å². The summed E-state index contributed by atoms with van der Waals surface area (Å²) in [6.45, 7) is 4.71. The fourth-order valence-electron chi connectivity index (χ4n) is 1.26. The Bertz CT molecular complexity index is 312. The summed E-state index contributed by atoms with van der Waals surface area (Å²) in [5.74, 6) is 0. The summed E-state index contributed by atoms with van der Waals surface area (Å²) in [6, 6.07) is 5.65. The second-order valence-electron chi connectivity index (χ2n) is 3.40. The molecule has 1 aromatic carbocycles. The van der Waals surface area contributed by atoms with E-state index in [1.807, 2.05) is 25.2 Å². The molecule has 0 aliphatic heterocycles. The van der Waals surface area contributed by atoms with Crippen LogP contribution < -0.4 is 4.90 Å². The van der Waals surface area contributed by atoms with Gasteiger partial charge in [0, 0.05) is 13.6 Å². The smallest absolute Gasteiger partial charge is 0.0762 e. The average molecular weight is 214 g/mol. The summed E-state index contributed by atoms with van der Waals surface area (Å²) in [5.41, 5.74) is 1.85. The highest BCUT2D eigenvalue weighted by Crippen LogP contribution is 2.27. The zero-order valence-corrected chi connectivity index (χ0v) is 9.54. The van der Waals surface area contributed by atoms with Crippen molar-refractivity contribution >= 4 is 17.3 Å². The summed E-state index contributed by atoms with van der Waals surface area (Å²) in [6.07, 6.45) is -0.464. The number of aliphatic hydroxyl groups excluding tert-OH is 1. The van der Waals surface area contributed by atoms with Crippen LogP contribution in [0, 0.1) is 0 Å². The molecule has 78 valence electrons. The minimum atomic E-state index is -0.464. The Balaban J connectivity index is 3.01. The van der Waals surface area contributed by atoms with E-state index in [4.69, 9.17) is 11.6 Å². The molecule has 0 saturated heterocycles. The highest BCUT2D eigenvalue weighted by molar-refractivity contribution is 6.33. The van der Waals surface area contributed by atoms with Gasteiger partial charge in [-0.05, 0) is 31.5 Å². The van der Waals surface area contributed by atoms with Crippen molar-refractivity contribution < 1.29 is 5.11 Å². The third-order valence-corrected chi connectivity index (χ3v) is 2.64. The Labute approximate surface area is 90.1 Å². The van der Waals surface area contributed by atoms with E-state index in [9.17, 15) is 5.11 Å². The van der Waals surface area contributed by atoms with Crippen LogP contribution in [0.3, 0.4) is 0 Å². The molecule has 14 heavy (non-hydrogen) atoms. The minimum absolute atomic E-state index is 0.464. The van der Waals surface area contributed by atoms with Crippen LogP contribution in [-0.2, 0) is 0 Å². The molecule has 0 unspecified atom stereocenters. The number of aliphatic hydroxyl groups is 1. The third-order valence-electron chi connectivity index (χ3n) is 2.34. The van der Waals surface area contributed by atoms with E-state index >= 15 is 0 Å². The lowest BCUT2D eigenvalue weighted by Crippen LogP contribution is -2.16. The number of benzene rings is 1. The Hall–Kier alpha value is -0.730. The first-order valence-corrected chi connectivity index (χ1v) is 5.12. The molecule has 1 rings (SSSR count). The summed E-state index contributed by atoms with van der Waals surface area (Å²) in [7, 11) is 1.99. The number of nitrogens with zero attached hydrogens (tertiary/aromatic N) is 1. The Kier molecular flexibility index (Phi) is 3.78. The van der Waals surface area contributed by atoms with Gasteiger partial charge in [-0.25, -0.2) is 0 Å². The minimum Gasteiger partial charge on any atom is -0.389 e. The van der Waals surface area contributed by atoms with Gasteiger partial charge in [-0.3, -0.25) is 0 Å². The summed E-state index contributed by atoms with van der Waals surface area (Å²) >= 11 is 6.09. The number of anilines is 1. The molecule has 0 spiro atoms. The van der Waals surface area contributed by atoms with Gasteiger partial charge in [0.2, 0.25) is 0 Å². The van der Waals surface area contributed by atoms with Crippen LogP contribution in [0.4, 0.5) is 5.69 Å². The molecule has 0 aliphatic rings. The molecule has 1 atom stereocenters. The van der Waals surface area contributed by atoms with Crippen molar-refractivity contribution in [2.24, 2.45) is 0 Å². The number of hydrogen-bond acceptors (Lipinski definition) is 2. The van der Waals surface area contributed by atoms with E-state index in [-0.39, 0.29) is 0 Å². The van der Waals surface area contributed by atoms with Crippen molar-refractivity contribution in [3.05, 3.63) is 28.8 Å². The lowest BCUT2D eigenvalue weighted by atomic mass is 10.1. The summed E-state index contributed by atoms with van der Waals surface area (Å²) in [4.78, 5) is 2.06. The van der Waals surface area contributed by atoms with Gasteiger partial charge in [0.25, 0.3) is 0 Å². The zero-order valence-electron chi connectivity index (χ0n) is 8.79. The fraction of sp³-hybridized carbons (Fsp3) is 0.455. The Morgan fingerprint density at radius 1 is 1.50 bits per heavy atom. The molecule has 0 saturated carbocycles. The van der Waals surface area contributed by atoms with Gasteiger partial charge in [0.15, 0.2) is 0 Å². The molecule has 1 aromatic rings. The number of halogens is 1. The molecule has 3 heteroatoms. The van der Waals surface area contributed by atoms with E-state index in [1.54, 1.807) is 6.92 Å². The average Bonchev–Trinajstić information content (AvgIpc) is 2.16. The van der Waals surface area contributed by atoms with Crippen molar-refractivity contribution in [1.82, 2.24) is 0 Å². The maximum Gasteiger partial charge on any atom is 0.0762 e. The van der Waals surface area contributed by atoms with Gasteiger partial charge in [-0.1, -0.05) is 17.7 Å². The number of hydrogen-bond donors (Lipinski definition) is 1. The number of rotatable bonds is 3. The van der Waals surface area contributed by atoms with Crippen LogP contribution in [0.5, 0.6) is 0 Å². The highest BCUT2D eigenvalue weighted by atomic mass is 35.5. The first-order valence-electron chi connectivity index (χ1n) is 4.75. The molecule has 0 aromatic heterocycles. The van der Waals surface area contributed by atoms with Gasteiger partial charge < -0.3 is 10.0 Å². The Morgan fingerprint density at radius 3 is 2.57 bits per heavy atom. The molecule has 0 heterocycles. The SMILES string of the molecule is CCN(C)c1ccc([C@@H](C)O)cc1Cl. The van der Waals surface area contributed by atoms with E-state index in [0.29, 0.717) is 5.02 Å². The van der Waals surface area contributed by atoms with Crippen LogP contribution >= 0.6 is 11.6 Å². The molecule has 0 amide bonds. The van der Waals surface area contributed by atoms with Gasteiger partial charge >= 0.3 is 0 Å². The lowest BCUT2D eigenvalue weighted by molar-refractivity contribution is 0.199. The van der Waals surface area contributed by atoms with Gasteiger partial charge in [0.05, 0.1) is 16.8 Å². The van der Waals surface area contributed by atoms with Crippen molar-refractivity contribution in [1.29, 1.82) is 0 Å². The molecular weight excluding hydrogens is 198 g/mol. The van der Waals surface area contributed by atoms with Gasteiger partial charge in [-0.15, -0.1) is 0 Å². The first-order chi connectivity index (χ1) is 6.56. The summed E-state index contributed by atoms with van der Waals surface area (Å²) in [5, 5.41) is 10.1. The molecule has 0 aliphatic carbocycles. The standard InChI is InChI=1S/C11H16ClNO/c1-4-13(3)11-6-5-9(8(2)14)7-10(11)12/h5-8,14H,4H2,1-3H3/t8-/m1/s1. The van der Waals surface area contributed by atoms with E-state index in [2.05, 4.69) is 11.8 Å². The summed E-state index contributed by atoms with van der Waals surface area (Å²) < 4.78 is 0. The fourth-order valence-corrected chi connectivity index (χ4v) is 1.60. The van der Waals surface area contributed by atoms with Crippen molar-refractivity contribution in [3.8, 4) is 0 Å². The maximum absolute atomic E-state index is 9.36. The van der Waals surface area contributed by atoms with Crippen LogP contribution in [-0.4, -0.2) is 18.7 Å². The molecule has 0 bridgehead atoms. The lowest BCUT2D eigenvalue weighted by Gasteiger charge is -2.19. The molecule has 2 nitrogen and oxygen atoms in total. The van der Waals surface area contributed by atoms with Crippen LogP contribution in [0.25, 0.3) is 0 Å². The first kappa shape index (κ1) is 11.3. The second kappa shape index (κ2) is 4.67. The predicted octanol–water partition coefficient (Wildman–Crippen LogP) is 2.85. The normalized spacial score (nSPS) is 12.6. The quantitative estimate of drug-likeness (QED) is 0.835. The largest absolute Gasteiger partial charge is 0.389 e. The molecule has 0 radical (unpaired) electrons. The van der Waals surface area contributed by atoms with Gasteiger partial charge in [0.1, 0.15) is 0 Å². The Morgan fingerprint density at radius 2 is 2.14 bits per heavy atom. The van der Waals surface area contributed by atoms with Gasteiger partial charge in [-0.2, -0.15) is 0 Å². The van der Waals surface area contributed by atoms with E-state index < -0.39 is 6.10 Å². The van der Waals surface area contributed by atoms with Crippen LogP contribution in [0.1, 0.15) is 25.5 Å². The van der Waals surface area contributed by atoms with Crippen molar-refractivity contribution in [2.75, 3.05) is 18.5 Å². The van der Waals surface area contributed by atoms with E-state index in [1.165, 1.54) is 0 Å². The van der Waals surface area contributed by atoms with Crippen molar-refractivity contribution in [2.45, 2.75) is 20.0 Å². The van der Waals surface area contributed by atoms with Crippen LogP contribution in [0.15, 0.2) is 18.2 Å². The van der Waals surface area contributed by atoms with E-state index in [0.717, 1.165) is 17.8 Å². The second-order valence-corrected chi connectivity index (χ2v) is 3.81. The molecule has 0 fully saturated rings. The third kappa shape index (κ3) is 2.40. The monoisotopic (exact) mass is 213 g/mol. The topological polar surface area (TPSA) is 23.5 Å². The maximum atomic E-state index is 9.36. The molecular formula is C11H16ClNO. The predicted molar refractivity (Wildman–Crippen MR) is 61.0 cm³/mol. The highest BCUT2D eigenvalue weighted by Gasteiger charge is 2.07. The zero-order chi connectivity index (χ0) is 10.7. The molecule has 1 N–H and O–H groups in total. The van der Waals surface area contributed by atoms with Crippen molar-refractivity contribution in [3.63, 3.8) is 0 Å².